The second-order valence-electron chi connectivity index (χ2n) is 6.14. The molecule has 0 saturated heterocycles. The molecule has 0 rings (SSSR count). The van der Waals surface area contributed by atoms with Crippen molar-refractivity contribution in [1.82, 2.24) is 9.01 Å². The molecule has 0 aliphatic carbocycles. The summed E-state index contributed by atoms with van der Waals surface area (Å²) in [6.07, 6.45) is 0.771. The van der Waals surface area contributed by atoms with Gasteiger partial charge in [0.1, 0.15) is 0 Å². The van der Waals surface area contributed by atoms with Crippen molar-refractivity contribution in [3.63, 3.8) is 0 Å². The molecule has 0 amide bonds. The molecule has 0 heterocycles. The summed E-state index contributed by atoms with van der Waals surface area (Å²) in [5, 5.41) is 17.3. The number of nitrogens with two attached hydrogens (primary N) is 4. The van der Waals surface area contributed by atoms with Crippen LogP contribution in [0.25, 0.3) is 0 Å². The van der Waals surface area contributed by atoms with E-state index in [9.17, 15) is 28.5 Å². The first-order chi connectivity index (χ1) is 15.6. The Balaban J connectivity index is 4.33. The van der Waals surface area contributed by atoms with Crippen LogP contribution in [-0.2, 0) is 30.5 Å². The zero-order chi connectivity index (χ0) is 26.4. The van der Waals surface area contributed by atoms with E-state index in [4.69, 9.17) is 33.1 Å². The number of carboxylic acid groups (broad SMARTS) is 2. The van der Waals surface area contributed by atoms with Crippen LogP contribution < -0.4 is 58.7 Å². The number of rotatable bonds is 17. The molecule has 0 fully saturated rings. The molecular formula is C12H27IN8O11P2-2. The maximum absolute atomic E-state index is 11.7. The van der Waals surface area contributed by atoms with Crippen molar-refractivity contribution < 1.29 is 72.4 Å². The normalized spacial score (nSPS) is 17.9. The van der Waals surface area contributed by atoms with E-state index in [-0.39, 0.29) is 38.3 Å². The first-order valence-corrected chi connectivity index (χ1v) is 14.0. The molecule has 4 atom stereocenters. The number of halogens is 1. The Morgan fingerprint density at radius 3 is 1.94 bits per heavy atom. The van der Waals surface area contributed by atoms with Crippen LogP contribution >= 0.6 is 15.6 Å². The molecule has 13 N–H and O–H groups in total. The molecule has 0 aliphatic rings. The van der Waals surface area contributed by atoms with Gasteiger partial charge in [0.2, 0.25) is 0 Å². The van der Waals surface area contributed by atoms with Crippen LogP contribution in [0, 0.1) is 0 Å². The Morgan fingerprint density at radius 2 is 1.47 bits per heavy atom. The Kier molecular flexibility index (Phi) is 15.4. The molecule has 19 nitrogen and oxygen atoms in total. The van der Waals surface area contributed by atoms with Gasteiger partial charge in [-0.3, -0.25) is 4.79 Å². The van der Waals surface area contributed by atoms with Gasteiger partial charge in [-0.25, -0.2) is 0 Å². The van der Waals surface area contributed by atoms with E-state index in [0.717, 1.165) is 0 Å². The van der Waals surface area contributed by atoms with Gasteiger partial charge in [0, 0.05) is 0 Å². The number of aliphatic carboxylic acids is 2. The molecule has 34 heavy (non-hydrogen) atoms. The van der Waals surface area contributed by atoms with E-state index >= 15 is 0 Å². The van der Waals surface area contributed by atoms with Crippen LogP contribution in [0.15, 0.2) is 9.98 Å². The summed E-state index contributed by atoms with van der Waals surface area (Å²) < 4.78 is 38.2. The minimum absolute atomic E-state index is 0.0137. The van der Waals surface area contributed by atoms with E-state index in [1.165, 1.54) is 0 Å². The summed E-state index contributed by atoms with van der Waals surface area (Å²) in [5.41, 5.74) is 23.1. The van der Waals surface area contributed by atoms with Crippen LogP contribution in [-0.4, -0.2) is 64.1 Å². The molecule has 0 radical (unpaired) electrons. The van der Waals surface area contributed by atoms with Gasteiger partial charge >= 0.3 is 189 Å². The predicted molar refractivity (Wildman–Crippen MR) is 110 cm³/mol. The van der Waals surface area contributed by atoms with Gasteiger partial charge in [0.25, 0.3) is 0 Å². The average Bonchev–Trinajstić information content (AvgIpc) is 2.71. The van der Waals surface area contributed by atoms with Gasteiger partial charge < -0.3 is 10.8 Å². The van der Waals surface area contributed by atoms with Gasteiger partial charge in [-0.15, -0.1) is 0 Å². The van der Waals surface area contributed by atoms with Crippen molar-refractivity contribution in [3.05, 3.63) is 0 Å². The SMILES string of the molecule is NC(=NCCCC(N)C(=O)O)NOP(=O)([O-])OP(=O)(O)O[I-]NC(N)=NCCCC(N)C(=O)O. The van der Waals surface area contributed by atoms with E-state index in [1.54, 1.807) is 5.48 Å². The number of hydroxylamine groups is 1. The molecule has 0 bridgehead atoms. The summed E-state index contributed by atoms with van der Waals surface area (Å²) in [6.45, 7) is 0.0989. The number of hydrogen-bond acceptors (Lipinski definition) is 12. The first kappa shape index (κ1) is 32.4. The fraction of sp³-hybridized carbons (Fsp3) is 0.667. The molecule has 0 aromatic rings. The Bertz CT molecular complexity index is 832. The third-order valence-corrected chi connectivity index (χ3v) is 8.31. The van der Waals surface area contributed by atoms with E-state index < -0.39 is 67.5 Å². The number of aliphatic imine (C=N–C) groups is 2. The van der Waals surface area contributed by atoms with E-state index in [1.807, 2.05) is 0 Å². The fourth-order valence-electron chi connectivity index (χ4n) is 1.69. The quantitative estimate of drug-likeness (QED) is 0.0135. The van der Waals surface area contributed by atoms with Crippen molar-refractivity contribution in [3.8, 4) is 0 Å². The summed E-state index contributed by atoms with van der Waals surface area (Å²) in [6, 6.07) is -2.13. The fourth-order valence-corrected chi connectivity index (χ4v) is 5.35. The monoisotopic (exact) mass is 648 g/mol. The summed E-state index contributed by atoms with van der Waals surface area (Å²) in [7, 11) is -10.6. The summed E-state index contributed by atoms with van der Waals surface area (Å²) in [4.78, 5) is 49.7. The predicted octanol–water partition coefficient (Wildman–Crippen LogP) is -6.37. The molecule has 0 aromatic heterocycles. The van der Waals surface area contributed by atoms with Crippen molar-refractivity contribution in [2.24, 2.45) is 32.9 Å². The second-order valence-corrected chi connectivity index (χ2v) is 11.1. The van der Waals surface area contributed by atoms with Crippen LogP contribution in [0.1, 0.15) is 25.7 Å². The van der Waals surface area contributed by atoms with Gasteiger partial charge in [0.15, 0.2) is 0 Å². The third-order valence-electron chi connectivity index (χ3n) is 3.27. The average molecular weight is 648 g/mol. The molecule has 0 saturated carbocycles. The standard InChI is InChI=1S/C12H28IN8O11P2/c14-7(9(22)23)3-1-5-18-11(16)20-13-30-33(26,27)32-34(28,29)31-21-12(17)19-6-2-4-8(15)10(24)25/h7-8H,1-6,14-15H2,(H,22,23)(H,24,25)(H,26,27)(H,28,29)(H3,16,18,20)(H3,17,19,21)/q-1/p-1. The van der Waals surface area contributed by atoms with Crippen LogP contribution in [0.3, 0.4) is 0 Å². The van der Waals surface area contributed by atoms with E-state index in [2.05, 4.69) is 25.3 Å². The maximum atomic E-state index is 11.7. The van der Waals surface area contributed by atoms with Crippen molar-refractivity contribution in [2.45, 2.75) is 37.8 Å². The Morgan fingerprint density at radius 1 is 1.00 bits per heavy atom. The van der Waals surface area contributed by atoms with Crippen molar-refractivity contribution >= 4 is 39.5 Å². The van der Waals surface area contributed by atoms with Gasteiger partial charge in [-0.1, -0.05) is 0 Å². The molecule has 22 heteroatoms. The van der Waals surface area contributed by atoms with Gasteiger partial charge in [-0.05, 0) is 0 Å². The van der Waals surface area contributed by atoms with Crippen LogP contribution in [0.2, 0.25) is 0 Å². The van der Waals surface area contributed by atoms with Crippen molar-refractivity contribution in [1.29, 1.82) is 0 Å². The topological polar surface area (TPSA) is 333 Å². The molecule has 0 aliphatic heterocycles. The Labute approximate surface area is 204 Å². The number of carboxylic acids is 2. The van der Waals surface area contributed by atoms with E-state index in [0.29, 0.717) is 6.42 Å². The van der Waals surface area contributed by atoms with Gasteiger partial charge in [0.05, 0.1) is 0 Å². The summed E-state index contributed by atoms with van der Waals surface area (Å²) in [5.74, 6) is -3.09. The Hall–Kier alpha value is -1.61. The molecular weight excluding hydrogens is 621 g/mol. The number of phosphoric acid groups is 2. The van der Waals surface area contributed by atoms with Crippen LogP contribution in [0.5, 0.6) is 0 Å². The molecule has 0 spiro atoms. The molecule has 0 aromatic carbocycles. The third kappa shape index (κ3) is 16.9. The number of nitrogens with zero attached hydrogens (tertiary/aromatic N) is 2. The number of nitrogens with one attached hydrogen (secondary N) is 2. The van der Waals surface area contributed by atoms with Crippen LogP contribution in [0.4, 0.5) is 0 Å². The number of carbonyl (C=O) groups is 2. The minimum atomic E-state index is -5.43. The van der Waals surface area contributed by atoms with Gasteiger partial charge in [-0.2, -0.15) is 0 Å². The number of hydrogen-bond donors (Lipinski definition) is 9. The molecule has 200 valence electrons. The molecule has 4 unspecified atom stereocenters. The first-order valence-electron chi connectivity index (χ1n) is 9.10. The van der Waals surface area contributed by atoms with Crippen molar-refractivity contribution in [2.75, 3.05) is 13.1 Å². The second kappa shape index (κ2) is 16.1. The number of guanidine groups is 2. The zero-order valence-corrected chi connectivity index (χ0v) is 21.4. The zero-order valence-electron chi connectivity index (χ0n) is 17.5. The summed E-state index contributed by atoms with van der Waals surface area (Å²) >= 11 is -1.85.